The molecule has 0 aliphatic carbocycles. The summed E-state index contributed by atoms with van der Waals surface area (Å²) >= 11 is 3.45. The molecule has 2 heterocycles. The first-order valence-electron chi connectivity index (χ1n) is 6.10. The monoisotopic (exact) mass is 321 g/mol. The first-order chi connectivity index (χ1) is 9.20. The molecule has 0 aromatic carbocycles. The lowest BCUT2D eigenvalue weighted by molar-refractivity contribution is 1.03. The van der Waals surface area contributed by atoms with Crippen LogP contribution in [-0.2, 0) is 6.54 Å². The summed E-state index contributed by atoms with van der Waals surface area (Å²) in [5.41, 5.74) is 2.36. The van der Waals surface area contributed by atoms with Crippen molar-refractivity contribution in [3.05, 3.63) is 40.3 Å². The van der Waals surface area contributed by atoms with E-state index in [0.29, 0.717) is 12.5 Å². The number of aromatic nitrogens is 3. The van der Waals surface area contributed by atoms with Crippen LogP contribution in [0.4, 0.5) is 11.8 Å². The molecular weight excluding hydrogens is 306 g/mol. The first kappa shape index (κ1) is 13.7. The minimum atomic E-state index is 0.625. The van der Waals surface area contributed by atoms with Crippen molar-refractivity contribution in [2.45, 2.75) is 20.4 Å². The quantitative estimate of drug-likeness (QED) is 0.886. The lowest BCUT2D eigenvalue weighted by Crippen LogP contribution is -2.07. The zero-order chi connectivity index (χ0) is 13.7. The highest BCUT2D eigenvalue weighted by Gasteiger charge is 2.05. The maximum absolute atomic E-state index is 4.41. The molecule has 2 aromatic heterocycles. The Hall–Kier alpha value is -1.69. The third-order valence-corrected chi connectivity index (χ3v) is 3.24. The van der Waals surface area contributed by atoms with Gasteiger partial charge in [-0.15, -0.1) is 0 Å². The second-order valence-corrected chi connectivity index (χ2v) is 4.93. The van der Waals surface area contributed by atoms with Crippen molar-refractivity contribution >= 4 is 27.7 Å². The highest BCUT2D eigenvalue weighted by atomic mass is 79.9. The molecule has 6 heteroatoms. The minimum absolute atomic E-state index is 0.625. The van der Waals surface area contributed by atoms with Crippen LogP contribution < -0.4 is 10.6 Å². The fourth-order valence-electron chi connectivity index (χ4n) is 1.61. The van der Waals surface area contributed by atoms with Crippen molar-refractivity contribution in [2.24, 2.45) is 0 Å². The maximum Gasteiger partial charge on any atom is 0.224 e. The summed E-state index contributed by atoms with van der Waals surface area (Å²) in [4.78, 5) is 12.7. The highest BCUT2D eigenvalue weighted by molar-refractivity contribution is 9.10. The number of rotatable bonds is 5. The van der Waals surface area contributed by atoms with Crippen LogP contribution in [0.2, 0.25) is 0 Å². The Morgan fingerprint density at radius 2 is 2.11 bits per heavy atom. The smallest absolute Gasteiger partial charge is 0.224 e. The van der Waals surface area contributed by atoms with Gasteiger partial charge in [0.25, 0.3) is 0 Å². The number of anilines is 2. The largest absolute Gasteiger partial charge is 0.365 e. The van der Waals surface area contributed by atoms with Crippen molar-refractivity contribution in [2.75, 3.05) is 17.2 Å². The Morgan fingerprint density at radius 1 is 1.26 bits per heavy atom. The molecule has 0 spiro atoms. The van der Waals surface area contributed by atoms with E-state index in [1.807, 2.05) is 26.1 Å². The number of halogens is 1. The van der Waals surface area contributed by atoms with E-state index in [0.717, 1.165) is 22.4 Å². The lowest BCUT2D eigenvalue weighted by Gasteiger charge is -2.10. The van der Waals surface area contributed by atoms with E-state index in [9.17, 15) is 0 Å². The third kappa shape index (κ3) is 3.64. The molecule has 0 saturated heterocycles. The van der Waals surface area contributed by atoms with E-state index in [1.54, 1.807) is 12.4 Å². The van der Waals surface area contributed by atoms with Crippen LogP contribution in [0, 0.1) is 6.92 Å². The Balaban J connectivity index is 2.10. The highest BCUT2D eigenvalue weighted by Crippen LogP contribution is 2.21. The SMILES string of the molecule is CCNc1ncc(Br)c(NCc2ccncc2C)n1. The molecule has 2 rings (SSSR count). The van der Waals surface area contributed by atoms with Crippen LogP contribution in [-0.4, -0.2) is 21.5 Å². The van der Waals surface area contributed by atoms with Crippen LogP contribution in [0.15, 0.2) is 29.1 Å². The number of nitrogens with one attached hydrogen (secondary N) is 2. The third-order valence-electron chi connectivity index (χ3n) is 2.66. The lowest BCUT2D eigenvalue weighted by atomic mass is 10.1. The summed E-state index contributed by atoms with van der Waals surface area (Å²) in [7, 11) is 0. The zero-order valence-corrected chi connectivity index (χ0v) is 12.5. The van der Waals surface area contributed by atoms with Gasteiger partial charge in [0.05, 0.1) is 4.47 Å². The van der Waals surface area contributed by atoms with Crippen LogP contribution >= 0.6 is 15.9 Å². The topological polar surface area (TPSA) is 62.7 Å². The van der Waals surface area contributed by atoms with Gasteiger partial charge in [-0.05, 0) is 47.0 Å². The Kier molecular flexibility index (Phi) is 4.68. The van der Waals surface area contributed by atoms with Gasteiger partial charge >= 0.3 is 0 Å². The molecule has 100 valence electrons. The summed E-state index contributed by atoms with van der Waals surface area (Å²) < 4.78 is 0.848. The van der Waals surface area contributed by atoms with Crippen molar-refractivity contribution in [3.8, 4) is 0 Å². The maximum atomic E-state index is 4.41. The predicted molar refractivity (Wildman–Crippen MR) is 80.2 cm³/mol. The number of nitrogens with zero attached hydrogens (tertiary/aromatic N) is 3. The molecule has 2 aromatic rings. The molecule has 0 saturated carbocycles. The van der Waals surface area contributed by atoms with Crippen molar-refractivity contribution in [3.63, 3.8) is 0 Å². The molecule has 0 bridgehead atoms. The molecule has 0 aliphatic heterocycles. The molecule has 2 N–H and O–H groups in total. The molecule has 19 heavy (non-hydrogen) atoms. The Bertz CT molecular complexity index is 558. The summed E-state index contributed by atoms with van der Waals surface area (Å²) in [6.45, 7) is 5.56. The molecule has 0 radical (unpaired) electrons. The van der Waals surface area contributed by atoms with Crippen LogP contribution in [0.1, 0.15) is 18.1 Å². The predicted octanol–water partition coefficient (Wildman–Crippen LogP) is 2.99. The van der Waals surface area contributed by atoms with Gasteiger partial charge in [-0.2, -0.15) is 4.98 Å². The molecule has 0 unspecified atom stereocenters. The van der Waals surface area contributed by atoms with Gasteiger partial charge in [-0.25, -0.2) is 4.98 Å². The summed E-state index contributed by atoms with van der Waals surface area (Å²) in [5.74, 6) is 1.40. The van der Waals surface area contributed by atoms with Gasteiger partial charge in [-0.3, -0.25) is 4.98 Å². The Labute approximate surface area is 121 Å². The van der Waals surface area contributed by atoms with Gasteiger partial charge in [0.2, 0.25) is 5.95 Å². The second-order valence-electron chi connectivity index (χ2n) is 4.08. The number of hydrogen-bond donors (Lipinski definition) is 2. The molecule has 5 nitrogen and oxygen atoms in total. The Morgan fingerprint density at radius 3 is 2.84 bits per heavy atom. The standard InChI is InChI=1S/C13H16BrN5/c1-3-16-13-18-8-11(14)12(19-13)17-7-10-4-5-15-6-9(10)2/h4-6,8H,3,7H2,1-2H3,(H2,16,17,18,19). The van der Waals surface area contributed by atoms with Crippen molar-refractivity contribution in [1.29, 1.82) is 0 Å². The first-order valence-corrected chi connectivity index (χ1v) is 6.89. The number of pyridine rings is 1. The van der Waals surface area contributed by atoms with E-state index in [4.69, 9.17) is 0 Å². The molecule has 0 aliphatic rings. The van der Waals surface area contributed by atoms with E-state index in [-0.39, 0.29) is 0 Å². The van der Waals surface area contributed by atoms with E-state index < -0.39 is 0 Å². The van der Waals surface area contributed by atoms with Gasteiger partial charge in [0, 0.05) is 31.7 Å². The molecule has 0 amide bonds. The summed E-state index contributed by atoms with van der Waals surface area (Å²) in [6.07, 6.45) is 5.39. The van der Waals surface area contributed by atoms with Crippen LogP contribution in [0.5, 0.6) is 0 Å². The summed E-state index contributed by atoms with van der Waals surface area (Å²) in [5, 5.41) is 6.39. The van der Waals surface area contributed by atoms with Gasteiger partial charge in [0.15, 0.2) is 0 Å². The second kappa shape index (κ2) is 6.47. The molecule has 0 fully saturated rings. The molecular formula is C13H16BrN5. The fraction of sp³-hybridized carbons (Fsp3) is 0.308. The van der Waals surface area contributed by atoms with Crippen LogP contribution in [0.3, 0.4) is 0 Å². The summed E-state index contributed by atoms with van der Waals surface area (Å²) in [6, 6.07) is 2.00. The van der Waals surface area contributed by atoms with Gasteiger partial charge in [-0.1, -0.05) is 0 Å². The van der Waals surface area contributed by atoms with Gasteiger partial charge in [0.1, 0.15) is 5.82 Å². The van der Waals surface area contributed by atoms with E-state index >= 15 is 0 Å². The fourth-order valence-corrected chi connectivity index (χ4v) is 1.95. The number of hydrogen-bond acceptors (Lipinski definition) is 5. The van der Waals surface area contributed by atoms with E-state index in [2.05, 4.69) is 41.5 Å². The molecule has 0 atom stereocenters. The van der Waals surface area contributed by atoms with Crippen molar-refractivity contribution < 1.29 is 0 Å². The zero-order valence-electron chi connectivity index (χ0n) is 10.9. The minimum Gasteiger partial charge on any atom is -0.365 e. The van der Waals surface area contributed by atoms with E-state index in [1.165, 1.54) is 5.56 Å². The average molecular weight is 322 g/mol. The average Bonchev–Trinajstić information content (AvgIpc) is 2.41. The van der Waals surface area contributed by atoms with Crippen LogP contribution in [0.25, 0.3) is 0 Å². The van der Waals surface area contributed by atoms with Gasteiger partial charge < -0.3 is 10.6 Å². The van der Waals surface area contributed by atoms with Crippen molar-refractivity contribution in [1.82, 2.24) is 15.0 Å². The number of aryl methyl sites for hydroxylation is 1. The normalized spacial score (nSPS) is 10.3.